The second kappa shape index (κ2) is 6.90. The lowest BCUT2D eigenvalue weighted by molar-refractivity contribution is 0.0697. The number of hydrogen-bond donors (Lipinski definition) is 2. The third kappa shape index (κ3) is 3.82. The van der Waals surface area contributed by atoms with E-state index in [-0.39, 0.29) is 11.6 Å². The number of amides is 2. The minimum absolute atomic E-state index is 0.105. The average molecular weight is 304 g/mol. The molecular formula is C15H16N2O3S. The second-order valence-corrected chi connectivity index (χ2v) is 5.27. The predicted octanol–water partition coefficient (Wildman–Crippen LogP) is 2.83. The molecule has 0 spiro atoms. The SMILES string of the molecule is CN(C(=O)NCCc1ccsc1)c1ccccc1C(=O)O. The summed E-state index contributed by atoms with van der Waals surface area (Å²) >= 11 is 1.62. The van der Waals surface area contributed by atoms with E-state index in [1.165, 1.54) is 16.5 Å². The zero-order valence-electron chi connectivity index (χ0n) is 11.6. The summed E-state index contributed by atoms with van der Waals surface area (Å²) in [6, 6.07) is 8.13. The molecule has 21 heavy (non-hydrogen) atoms. The number of urea groups is 1. The van der Waals surface area contributed by atoms with Crippen LogP contribution in [-0.4, -0.2) is 30.7 Å². The molecule has 1 aromatic carbocycles. The van der Waals surface area contributed by atoms with E-state index in [0.717, 1.165) is 6.42 Å². The van der Waals surface area contributed by atoms with Gasteiger partial charge in [-0.1, -0.05) is 12.1 Å². The van der Waals surface area contributed by atoms with Gasteiger partial charge in [-0.25, -0.2) is 9.59 Å². The zero-order chi connectivity index (χ0) is 15.2. The summed E-state index contributed by atoms with van der Waals surface area (Å²) in [5.74, 6) is -1.05. The van der Waals surface area contributed by atoms with Gasteiger partial charge in [-0.2, -0.15) is 11.3 Å². The second-order valence-electron chi connectivity index (χ2n) is 4.49. The number of carbonyl (C=O) groups excluding carboxylic acids is 1. The van der Waals surface area contributed by atoms with Gasteiger partial charge in [0.25, 0.3) is 0 Å². The molecule has 0 fully saturated rings. The molecule has 0 aliphatic carbocycles. The Hall–Kier alpha value is -2.34. The van der Waals surface area contributed by atoms with E-state index >= 15 is 0 Å². The fourth-order valence-electron chi connectivity index (χ4n) is 1.92. The van der Waals surface area contributed by atoms with Crippen molar-refractivity contribution in [3.63, 3.8) is 0 Å². The fourth-order valence-corrected chi connectivity index (χ4v) is 2.63. The van der Waals surface area contributed by atoms with Crippen LogP contribution in [0, 0.1) is 0 Å². The van der Waals surface area contributed by atoms with Gasteiger partial charge in [0, 0.05) is 13.6 Å². The first-order valence-electron chi connectivity index (χ1n) is 6.44. The molecule has 0 bridgehead atoms. The number of carbonyl (C=O) groups is 2. The van der Waals surface area contributed by atoms with E-state index in [9.17, 15) is 9.59 Å². The Morgan fingerprint density at radius 2 is 2.05 bits per heavy atom. The van der Waals surface area contributed by atoms with Gasteiger partial charge in [-0.15, -0.1) is 0 Å². The number of carboxylic acid groups (broad SMARTS) is 1. The van der Waals surface area contributed by atoms with Crippen LogP contribution in [0.3, 0.4) is 0 Å². The lowest BCUT2D eigenvalue weighted by Crippen LogP contribution is -2.38. The van der Waals surface area contributed by atoms with Crippen LogP contribution in [0.15, 0.2) is 41.1 Å². The Morgan fingerprint density at radius 3 is 2.71 bits per heavy atom. The number of benzene rings is 1. The summed E-state index contributed by atoms with van der Waals surface area (Å²) in [4.78, 5) is 24.5. The maximum absolute atomic E-state index is 12.1. The van der Waals surface area contributed by atoms with Crippen LogP contribution in [0.25, 0.3) is 0 Å². The standard InChI is InChI=1S/C15H16N2O3S/c1-17(13-5-3-2-4-12(13)14(18)19)15(20)16-8-6-11-7-9-21-10-11/h2-5,7,9-10H,6,8H2,1H3,(H,16,20)(H,18,19). The van der Waals surface area contributed by atoms with Crippen molar-refractivity contribution < 1.29 is 14.7 Å². The molecule has 0 radical (unpaired) electrons. The predicted molar refractivity (Wildman–Crippen MR) is 83.2 cm³/mol. The van der Waals surface area contributed by atoms with E-state index in [2.05, 4.69) is 5.32 Å². The molecule has 110 valence electrons. The topological polar surface area (TPSA) is 69.6 Å². The van der Waals surface area contributed by atoms with Gasteiger partial charge in [-0.05, 0) is 40.9 Å². The van der Waals surface area contributed by atoms with Crippen molar-refractivity contribution in [3.05, 3.63) is 52.2 Å². The highest BCUT2D eigenvalue weighted by Gasteiger charge is 2.17. The molecule has 0 aliphatic rings. The number of hydrogen-bond acceptors (Lipinski definition) is 3. The number of para-hydroxylation sites is 1. The first kappa shape index (κ1) is 15.1. The molecule has 0 atom stereocenters. The Morgan fingerprint density at radius 1 is 1.29 bits per heavy atom. The van der Waals surface area contributed by atoms with Gasteiger partial charge in [0.1, 0.15) is 0 Å². The Bertz CT molecular complexity index is 626. The number of nitrogens with one attached hydrogen (secondary N) is 1. The normalized spacial score (nSPS) is 10.1. The minimum Gasteiger partial charge on any atom is -0.478 e. The molecule has 2 rings (SSSR count). The third-order valence-electron chi connectivity index (χ3n) is 3.07. The summed E-state index contributed by atoms with van der Waals surface area (Å²) in [6.45, 7) is 0.509. The molecule has 2 amide bonds. The van der Waals surface area contributed by atoms with Crippen molar-refractivity contribution in [1.29, 1.82) is 0 Å². The quantitative estimate of drug-likeness (QED) is 0.892. The van der Waals surface area contributed by atoms with Gasteiger partial charge >= 0.3 is 12.0 Å². The van der Waals surface area contributed by atoms with Crippen LogP contribution >= 0.6 is 11.3 Å². The van der Waals surface area contributed by atoms with E-state index in [1.54, 1.807) is 36.6 Å². The lowest BCUT2D eigenvalue weighted by Gasteiger charge is -2.19. The molecule has 5 nitrogen and oxygen atoms in total. The Labute approximate surface area is 126 Å². The van der Waals surface area contributed by atoms with Gasteiger partial charge in [0.2, 0.25) is 0 Å². The van der Waals surface area contributed by atoms with Crippen molar-refractivity contribution in [1.82, 2.24) is 5.32 Å². The summed E-state index contributed by atoms with van der Waals surface area (Å²) in [5.41, 5.74) is 1.65. The molecule has 2 aromatic rings. The fraction of sp³-hybridized carbons (Fsp3) is 0.200. The summed E-state index contributed by atoms with van der Waals surface area (Å²) in [7, 11) is 1.56. The van der Waals surface area contributed by atoms with E-state index in [0.29, 0.717) is 12.2 Å². The molecule has 1 heterocycles. The van der Waals surface area contributed by atoms with E-state index in [1.807, 2.05) is 16.8 Å². The van der Waals surface area contributed by atoms with E-state index < -0.39 is 5.97 Å². The Balaban J connectivity index is 1.97. The average Bonchev–Trinajstić information content (AvgIpc) is 2.99. The minimum atomic E-state index is -1.05. The summed E-state index contributed by atoms with van der Waals surface area (Å²) in [6.07, 6.45) is 0.754. The first-order valence-corrected chi connectivity index (χ1v) is 7.39. The number of rotatable bonds is 5. The van der Waals surface area contributed by atoms with Crippen LogP contribution in [0.1, 0.15) is 15.9 Å². The van der Waals surface area contributed by atoms with Gasteiger partial charge < -0.3 is 10.4 Å². The number of aromatic carboxylic acids is 1. The monoisotopic (exact) mass is 304 g/mol. The van der Waals surface area contributed by atoms with Crippen molar-refractivity contribution in [3.8, 4) is 0 Å². The molecule has 1 aromatic heterocycles. The number of thiophene rings is 1. The number of carboxylic acids is 1. The maximum atomic E-state index is 12.1. The van der Waals surface area contributed by atoms with Crippen LogP contribution in [0.2, 0.25) is 0 Å². The highest BCUT2D eigenvalue weighted by molar-refractivity contribution is 7.07. The van der Waals surface area contributed by atoms with Crippen LogP contribution in [-0.2, 0) is 6.42 Å². The largest absolute Gasteiger partial charge is 0.478 e. The summed E-state index contributed by atoms with van der Waals surface area (Å²) < 4.78 is 0. The van der Waals surface area contributed by atoms with Crippen molar-refractivity contribution in [2.75, 3.05) is 18.5 Å². The van der Waals surface area contributed by atoms with Crippen molar-refractivity contribution in [2.24, 2.45) is 0 Å². The lowest BCUT2D eigenvalue weighted by atomic mass is 10.1. The molecule has 0 aliphatic heterocycles. The highest BCUT2D eigenvalue weighted by atomic mass is 32.1. The molecule has 2 N–H and O–H groups in total. The van der Waals surface area contributed by atoms with Crippen molar-refractivity contribution in [2.45, 2.75) is 6.42 Å². The van der Waals surface area contributed by atoms with Gasteiger partial charge in [-0.3, -0.25) is 4.90 Å². The summed E-state index contributed by atoms with van der Waals surface area (Å²) in [5, 5.41) is 16.0. The Kier molecular flexibility index (Phi) is 4.94. The van der Waals surface area contributed by atoms with Crippen LogP contribution < -0.4 is 10.2 Å². The molecule has 0 saturated heterocycles. The van der Waals surface area contributed by atoms with Crippen LogP contribution in [0.5, 0.6) is 0 Å². The maximum Gasteiger partial charge on any atom is 0.337 e. The van der Waals surface area contributed by atoms with Gasteiger partial charge in [0.15, 0.2) is 0 Å². The zero-order valence-corrected chi connectivity index (χ0v) is 12.4. The third-order valence-corrected chi connectivity index (χ3v) is 3.80. The number of anilines is 1. The highest BCUT2D eigenvalue weighted by Crippen LogP contribution is 2.19. The van der Waals surface area contributed by atoms with E-state index in [4.69, 9.17) is 5.11 Å². The van der Waals surface area contributed by atoms with Gasteiger partial charge in [0.05, 0.1) is 11.3 Å². The molecule has 6 heteroatoms. The van der Waals surface area contributed by atoms with Crippen LogP contribution in [0.4, 0.5) is 10.5 Å². The van der Waals surface area contributed by atoms with Crippen molar-refractivity contribution >= 4 is 29.0 Å². The first-order chi connectivity index (χ1) is 10.1. The molecule has 0 saturated carbocycles. The number of nitrogens with zero attached hydrogens (tertiary/aromatic N) is 1. The molecular weight excluding hydrogens is 288 g/mol. The smallest absolute Gasteiger partial charge is 0.337 e. The molecule has 0 unspecified atom stereocenters.